The van der Waals surface area contributed by atoms with Crippen LogP contribution in [-0.4, -0.2) is 37.5 Å². The minimum atomic E-state index is 0.678. The Morgan fingerprint density at radius 2 is 1.48 bits per heavy atom. The maximum atomic E-state index is 6.34. The minimum Gasteiger partial charge on any atom is -0.493 e. The lowest BCUT2D eigenvalue weighted by Crippen LogP contribution is -2.36. The Balaban J connectivity index is 1.24. The summed E-state index contributed by atoms with van der Waals surface area (Å²) in [7, 11) is 0. The first-order chi connectivity index (χ1) is 21.7. The predicted molar refractivity (Wildman–Crippen MR) is 183 cm³/mol. The average Bonchev–Trinajstić information content (AvgIpc) is 3.42. The Bertz CT molecular complexity index is 1910. The molecule has 0 amide bonds. The average molecular weight is 581 g/mol. The maximum absolute atomic E-state index is 6.34. The fourth-order valence-corrected chi connectivity index (χ4v) is 6.73. The van der Waals surface area contributed by atoms with Crippen LogP contribution in [0.25, 0.3) is 32.8 Å². The Labute approximate surface area is 260 Å². The largest absolute Gasteiger partial charge is 0.493 e. The van der Waals surface area contributed by atoms with Gasteiger partial charge in [-0.25, -0.2) is 0 Å². The van der Waals surface area contributed by atoms with E-state index in [4.69, 9.17) is 9.47 Å². The van der Waals surface area contributed by atoms with Crippen LogP contribution in [0.1, 0.15) is 28.7 Å². The Morgan fingerprint density at radius 3 is 2.36 bits per heavy atom. The molecule has 1 aliphatic rings. The fourth-order valence-electron chi connectivity index (χ4n) is 6.73. The van der Waals surface area contributed by atoms with Gasteiger partial charge in [-0.3, -0.25) is 0 Å². The number of anilines is 1. The van der Waals surface area contributed by atoms with Gasteiger partial charge in [-0.2, -0.15) is 0 Å². The molecule has 222 valence electrons. The van der Waals surface area contributed by atoms with Crippen molar-refractivity contribution in [3.05, 3.63) is 132 Å². The SMILES string of the molecule is Cc1ccc(Cn2cc(CCCOc3cccc4ccccc34)c3cccc(-c4ccccc4N4CCOCC4)c32)c(C)c1. The van der Waals surface area contributed by atoms with Crippen molar-refractivity contribution in [2.24, 2.45) is 0 Å². The summed E-state index contributed by atoms with van der Waals surface area (Å²) in [6.07, 6.45) is 4.29. The molecule has 5 aromatic carbocycles. The summed E-state index contributed by atoms with van der Waals surface area (Å²) in [4.78, 5) is 2.47. The van der Waals surface area contributed by atoms with Crippen LogP contribution < -0.4 is 9.64 Å². The summed E-state index contributed by atoms with van der Waals surface area (Å²) in [6.45, 7) is 9.29. The highest BCUT2D eigenvalue weighted by atomic mass is 16.5. The highest BCUT2D eigenvalue weighted by Gasteiger charge is 2.20. The van der Waals surface area contributed by atoms with Crippen molar-refractivity contribution >= 4 is 27.4 Å². The van der Waals surface area contributed by atoms with Crippen LogP contribution in [0.5, 0.6) is 5.75 Å². The molecule has 0 spiro atoms. The van der Waals surface area contributed by atoms with Crippen LogP contribution in [0.3, 0.4) is 0 Å². The predicted octanol–water partition coefficient (Wildman–Crippen LogP) is 8.97. The number of fused-ring (bicyclic) bond motifs is 2. The normalized spacial score (nSPS) is 13.5. The number of benzene rings is 5. The molecule has 0 aliphatic carbocycles. The first kappa shape index (κ1) is 28.2. The van der Waals surface area contributed by atoms with Gasteiger partial charge in [0.05, 0.1) is 25.3 Å². The van der Waals surface area contributed by atoms with Gasteiger partial charge in [0, 0.05) is 53.4 Å². The summed E-state index contributed by atoms with van der Waals surface area (Å²) in [5.74, 6) is 0.961. The second kappa shape index (κ2) is 12.6. The molecular formula is C40H40N2O2. The number of morpholine rings is 1. The maximum Gasteiger partial charge on any atom is 0.127 e. The Morgan fingerprint density at radius 1 is 0.727 bits per heavy atom. The van der Waals surface area contributed by atoms with Gasteiger partial charge >= 0.3 is 0 Å². The molecule has 4 heteroatoms. The third-order valence-corrected chi connectivity index (χ3v) is 8.96. The van der Waals surface area contributed by atoms with Crippen LogP contribution in [0.2, 0.25) is 0 Å². The zero-order valence-corrected chi connectivity index (χ0v) is 25.8. The van der Waals surface area contributed by atoms with E-state index in [9.17, 15) is 0 Å². The van der Waals surface area contributed by atoms with Crippen molar-refractivity contribution < 1.29 is 9.47 Å². The van der Waals surface area contributed by atoms with E-state index in [1.807, 2.05) is 0 Å². The third-order valence-electron chi connectivity index (χ3n) is 8.96. The lowest BCUT2D eigenvalue weighted by molar-refractivity contribution is 0.123. The molecule has 44 heavy (non-hydrogen) atoms. The minimum absolute atomic E-state index is 0.678. The van der Waals surface area contributed by atoms with Crippen molar-refractivity contribution in [1.29, 1.82) is 0 Å². The molecule has 0 unspecified atom stereocenters. The summed E-state index contributed by atoms with van der Waals surface area (Å²) in [5, 5.41) is 3.71. The summed E-state index contributed by atoms with van der Waals surface area (Å²) in [6, 6.07) is 37.3. The molecule has 1 aromatic heterocycles. The van der Waals surface area contributed by atoms with Crippen LogP contribution >= 0.6 is 0 Å². The number of hydrogen-bond donors (Lipinski definition) is 0. The van der Waals surface area contributed by atoms with Crippen LogP contribution in [0.4, 0.5) is 5.69 Å². The van der Waals surface area contributed by atoms with E-state index in [-0.39, 0.29) is 0 Å². The number of aromatic nitrogens is 1. The number of ether oxygens (including phenoxy) is 2. The first-order valence-corrected chi connectivity index (χ1v) is 15.9. The molecule has 6 aromatic rings. The molecular weight excluding hydrogens is 540 g/mol. The second-order valence-electron chi connectivity index (χ2n) is 12.0. The van der Waals surface area contributed by atoms with Crippen LogP contribution in [0.15, 0.2) is 109 Å². The zero-order chi connectivity index (χ0) is 29.9. The van der Waals surface area contributed by atoms with Gasteiger partial charge in [0.25, 0.3) is 0 Å². The number of aryl methyl sites for hydroxylation is 3. The smallest absolute Gasteiger partial charge is 0.127 e. The Hall–Kier alpha value is -4.54. The van der Waals surface area contributed by atoms with Crippen molar-refractivity contribution in [2.75, 3.05) is 37.8 Å². The lowest BCUT2D eigenvalue weighted by atomic mass is 9.98. The van der Waals surface area contributed by atoms with Crippen LogP contribution in [-0.2, 0) is 17.7 Å². The molecule has 0 atom stereocenters. The molecule has 0 bridgehead atoms. The monoisotopic (exact) mass is 580 g/mol. The van der Waals surface area contributed by atoms with E-state index >= 15 is 0 Å². The van der Waals surface area contributed by atoms with Gasteiger partial charge in [-0.1, -0.05) is 96.6 Å². The van der Waals surface area contributed by atoms with Gasteiger partial charge in [0.1, 0.15) is 5.75 Å². The number of hydrogen-bond acceptors (Lipinski definition) is 3. The van der Waals surface area contributed by atoms with E-state index in [2.05, 4.69) is 133 Å². The Kier molecular flexibility index (Phi) is 8.08. The molecule has 0 saturated carbocycles. The topological polar surface area (TPSA) is 26.6 Å². The summed E-state index contributed by atoms with van der Waals surface area (Å²) < 4.78 is 14.5. The molecule has 0 radical (unpaired) electrons. The first-order valence-electron chi connectivity index (χ1n) is 15.9. The van der Waals surface area contributed by atoms with Crippen molar-refractivity contribution in [2.45, 2.75) is 33.2 Å². The highest BCUT2D eigenvalue weighted by Crippen LogP contribution is 2.38. The quantitative estimate of drug-likeness (QED) is 0.160. The van der Waals surface area contributed by atoms with E-state index < -0.39 is 0 Å². The number of rotatable bonds is 9. The van der Waals surface area contributed by atoms with Crippen molar-refractivity contribution in [3.63, 3.8) is 0 Å². The zero-order valence-electron chi connectivity index (χ0n) is 25.8. The van der Waals surface area contributed by atoms with E-state index in [1.165, 1.54) is 60.7 Å². The van der Waals surface area contributed by atoms with Gasteiger partial charge in [0.15, 0.2) is 0 Å². The van der Waals surface area contributed by atoms with Crippen molar-refractivity contribution in [1.82, 2.24) is 4.57 Å². The summed E-state index contributed by atoms with van der Waals surface area (Å²) in [5.41, 5.74) is 10.5. The highest BCUT2D eigenvalue weighted by molar-refractivity contribution is 5.99. The van der Waals surface area contributed by atoms with E-state index in [0.29, 0.717) is 6.61 Å². The molecule has 1 aliphatic heterocycles. The van der Waals surface area contributed by atoms with Crippen LogP contribution in [0, 0.1) is 13.8 Å². The molecule has 0 N–H and O–H groups in total. The summed E-state index contributed by atoms with van der Waals surface area (Å²) >= 11 is 0. The standard InChI is InChI=1S/C40H40N2O2/c1-29-19-20-32(30(2)26-29)27-42-28-33(12-9-23-44-39-18-7-11-31-10-3-4-13-34(31)39)35-15-8-16-37(40(35)42)36-14-5-6-17-38(36)41-21-24-43-25-22-41/h3-8,10-11,13-20,26,28H,9,12,21-25,27H2,1-2H3. The molecule has 1 saturated heterocycles. The van der Waals surface area contributed by atoms with Gasteiger partial charge in [0.2, 0.25) is 0 Å². The number of para-hydroxylation sites is 2. The van der Waals surface area contributed by atoms with Gasteiger partial charge in [-0.05, 0) is 60.9 Å². The van der Waals surface area contributed by atoms with E-state index in [1.54, 1.807) is 0 Å². The van der Waals surface area contributed by atoms with Gasteiger partial charge in [-0.15, -0.1) is 0 Å². The third kappa shape index (κ3) is 5.70. The fraction of sp³-hybridized carbons (Fsp3) is 0.250. The molecule has 7 rings (SSSR count). The van der Waals surface area contributed by atoms with Crippen molar-refractivity contribution in [3.8, 4) is 16.9 Å². The van der Waals surface area contributed by atoms with E-state index in [0.717, 1.165) is 51.4 Å². The number of nitrogens with zero attached hydrogens (tertiary/aromatic N) is 2. The second-order valence-corrected chi connectivity index (χ2v) is 12.0. The molecule has 2 heterocycles. The lowest BCUT2D eigenvalue weighted by Gasteiger charge is -2.31. The van der Waals surface area contributed by atoms with Gasteiger partial charge < -0.3 is 18.9 Å². The molecule has 4 nitrogen and oxygen atoms in total. The molecule has 1 fully saturated rings.